The van der Waals surface area contributed by atoms with Gasteiger partial charge in [0, 0.05) is 13.2 Å². The summed E-state index contributed by atoms with van der Waals surface area (Å²) in [6.07, 6.45) is 3.34. The second-order valence-electron chi connectivity index (χ2n) is 4.96. The van der Waals surface area contributed by atoms with E-state index in [9.17, 15) is 4.79 Å². The van der Waals surface area contributed by atoms with Gasteiger partial charge in [-0.25, -0.2) is 0 Å². The number of ether oxygens (including phenoxy) is 2. The zero-order valence-corrected chi connectivity index (χ0v) is 11.3. The van der Waals surface area contributed by atoms with Crippen LogP contribution in [-0.2, 0) is 4.74 Å². The SMILES string of the molecule is COc1cnn(C(C)C)c1C(=O)C(OC)C1CC1. The van der Waals surface area contributed by atoms with E-state index in [0.717, 1.165) is 12.8 Å². The van der Waals surface area contributed by atoms with Crippen molar-refractivity contribution in [1.82, 2.24) is 9.78 Å². The molecule has 0 amide bonds. The highest BCUT2D eigenvalue weighted by Crippen LogP contribution is 2.37. The number of carbonyl (C=O) groups is 1. The maximum absolute atomic E-state index is 12.6. The Morgan fingerprint density at radius 1 is 1.44 bits per heavy atom. The van der Waals surface area contributed by atoms with Gasteiger partial charge in [-0.1, -0.05) is 0 Å². The van der Waals surface area contributed by atoms with Crippen LogP contribution >= 0.6 is 0 Å². The van der Waals surface area contributed by atoms with E-state index in [2.05, 4.69) is 5.10 Å². The first kappa shape index (κ1) is 13.1. The van der Waals surface area contributed by atoms with Crippen LogP contribution in [0.1, 0.15) is 43.2 Å². The zero-order chi connectivity index (χ0) is 13.3. The molecule has 1 aromatic rings. The second-order valence-corrected chi connectivity index (χ2v) is 4.96. The van der Waals surface area contributed by atoms with Crippen LogP contribution < -0.4 is 4.74 Å². The van der Waals surface area contributed by atoms with Crippen LogP contribution in [0.25, 0.3) is 0 Å². The van der Waals surface area contributed by atoms with Gasteiger partial charge in [0.25, 0.3) is 0 Å². The molecule has 18 heavy (non-hydrogen) atoms. The molecular weight excluding hydrogens is 232 g/mol. The van der Waals surface area contributed by atoms with E-state index < -0.39 is 0 Å². The molecule has 2 rings (SSSR count). The summed E-state index contributed by atoms with van der Waals surface area (Å²) in [5.41, 5.74) is 0.520. The molecule has 1 aromatic heterocycles. The number of Topliss-reactive ketones (excluding diaryl/α,β-unsaturated/α-hetero) is 1. The summed E-state index contributed by atoms with van der Waals surface area (Å²) in [6.45, 7) is 3.98. The van der Waals surface area contributed by atoms with Gasteiger partial charge in [-0.05, 0) is 32.6 Å². The highest BCUT2D eigenvalue weighted by atomic mass is 16.5. The first-order chi connectivity index (χ1) is 8.60. The Bertz CT molecular complexity index is 435. The molecule has 1 atom stereocenters. The fourth-order valence-electron chi connectivity index (χ4n) is 2.17. The normalized spacial score (nSPS) is 16.9. The van der Waals surface area contributed by atoms with Crippen molar-refractivity contribution in [2.75, 3.05) is 14.2 Å². The largest absolute Gasteiger partial charge is 0.493 e. The minimum Gasteiger partial charge on any atom is -0.493 e. The predicted octanol–water partition coefficient (Wildman–Crippen LogP) is 2.08. The van der Waals surface area contributed by atoms with E-state index in [1.807, 2.05) is 13.8 Å². The topological polar surface area (TPSA) is 53.4 Å². The summed E-state index contributed by atoms with van der Waals surface area (Å²) in [5, 5.41) is 4.22. The number of carbonyl (C=O) groups excluding carboxylic acids is 1. The molecule has 0 spiro atoms. The fourth-order valence-corrected chi connectivity index (χ4v) is 2.17. The van der Waals surface area contributed by atoms with Crippen molar-refractivity contribution in [2.45, 2.75) is 38.8 Å². The Labute approximate surface area is 107 Å². The van der Waals surface area contributed by atoms with E-state index in [-0.39, 0.29) is 17.9 Å². The minimum absolute atomic E-state index is 0.0250. The molecule has 5 nitrogen and oxygen atoms in total. The van der Waals surface area contributed by atoms with Crippen molar-refractivity contribution in [2.24, 2.45) is 5.92 Å². The number of nitrogens with zero attached hydrogens (tertiary/aromatic N) is 2. The van der Waals surface area contributed by atoms with Crippen molar-refractivity contribution in [3.05, 3.63) is 11.9 Å². The molecule has 1 unspecified atom stereocenters. The highest BCUT2D eigenvalue weighted by molar-refractivity contribution is 6.00. The molecule has 5 heteroatoms. The molecule has 0 aliphatic heterocycles. The zero-order valence-electron chi connectivity index (χ0n) is 11.3. The maximum atomic E-state index is 12.6. The minimum atomic E-state index is -0.368. The van der Waals surface area contributed by atoms with Gasteiger partial charge in [-0.15, -0.1) is 0 Å². The van der Waals surface area contributed by atoms with Gasteiger partial charge in [-0.3, -0.25) is 9.48 Å². The Morgan fingerprint density at radius 3 is 2.56 bits per heavy atom. The van der Waals surface area contributed by atoms with Crippen LogP contribution in [0.3, 0.4) is 0 Å². The van der Waals surface area contributed by atoms with Crippen molar-refractivity contribution >= 4 is 5.78 Å². The monoisotopic (exact) mass is 252 g/mol. The van der Waals surface area contributed by atoms with Gasteiger partial charge >= 0.3 is 0 Å². The smallest absolute Gasteiger partial charge is 0.213 e. The molecule has 100 valence electrons. The average Bonchev–Trinajstić information content (AvgIpc) is 3.07. The van der Waals surface area contributed by atoms with Crippen molar-refractivity contribution < 1.29 is 14.3 Å². The average molecular weight is 252 g/mol. The fraction of sp³-hybridized carbons (Fsp3) is 0.692. The molecule has 0 saturated heterocycles. The van der Waals surface area contributed by atoms with E-state index in [0.29, 0.717) is 17.4 Å². The quantitative estimate of drug-likeness (QED) is 0.727. The summed E-state index contributed by atoms with van der Waals surface area (Å²) in [4.78, 5) is 12.6. The summed E-state index contributed by atoms with van der Waals surface area (Å²) in [5.74, 6) is 0.849. The molecule has 1 fully saturated rings. The second kappa shape index (κ2) is 5.10. The summed E-state index contributed by atoms with van der Waals surface area (Å²) in [7, 11) is 3.14. The van der Waals surface area contributed by atoms with Gasteiger partial charge in [0.15, 0.2) is 5.75 Å². The molecule has 1 saturated carbocycles. The van der Waals surface area contributed by atoms with Gasteiger partial charge in [-0.2, -0.15) is 5.10 Å². The van der Waals surface area contributed by atoms with Gasteiger partial charge in [0.2, 0.25) is 5.78 Å². The molecule has 1 heterocycles. The molecule has 0 N–H and O–H groups in total. The van der Waals surface area contributed by atoms with Crippen molar-refractivity contribution in [1.29, 1.82) is 0 Å². The lowest BCUT2D eigenvalue weighted by molar-refractivity contribution is 0.0524. The Hall–Kier alpha value is -1.36. The van der Waals surface area contributed by atoms with Crippen LogP contribution in [-0.4, -0.2) is 35.9 Å². The number of ketones is 1. The summed E-state index contributed by atoms with van der Waals surface area (Å²) >= 11 is 0. The molecular formula is C13H20N2O3. The van der Waals surface area contributed by atoms with Crippen LogP contribution in [0.2, 0.25) is 0 Å². The Balaban J connectivity index is 2.35. The molecule has 0 aromatic carbocycles. The lowest BCUT2D eigenvalue weighted by Gasteiger charge is -2.16. The number of aromatic nitrogens is 2. The lowest BCUT2D eigenvalue weighted by atomic mass is 10.1. The maximum Gasteiger partial charge on any atom is 0.213 e. The van der Waals surface area contributed by atoms with Crippen LogP contribution in [0.4, 0.5) is 0 Å². The summed E-state index contributed by atoms with van der Waals surface area (Å²) < 4.78 is 12.3. The van der Waals surface area contributed by atoms with Crippen LogP contribution in [0.5, 0.6) is 5.75 Å². The number of hydrogen-bond acceptors (Lipinski definition) is 4. The van der Waals surface area contributed by atoms with Gasteiger partial charge in [0.1, 0.15) is 11.8 Å². The Morgan fingerprint density at radius 2 is 2.11 bits per heavy atom. The first-order valence-electron chi connectivity index (χ1n) is 6.28. The molecule has 0 bridgehead atoms. The molecule has 1 aliphatic carbocycles. The highest BCUT2D eigenvalue weighted by Gasteiger charge is 2.39. The standard InChI is InChI=1S/C13H20N2O3/c1-8(2)15-11(10(17-3)7-14-15)12(16)13(18-4)9-5-6-9/h7-9,13H,5-6H2,1-4H3. The predicted molar refractivity (Wildman–Crippen MR) is 67.0 cm³/mol. The van der Waals surface area contributed by atoms with Crippen molar-refractivity contribution in [3.8, 4) is 5.75 Å². The van der Waals surface area contributed by atoms with Gasteiger partial charge in [0.05, 0.1) is 13.3 Å². The third kappa shape index (κ3) is 2.27. The summed E-state index contributed by atoms with van der Waals surface area (Å²) in [6, 6.07) is 0.115. The third-order valence-electron chi connectivity index (χ3n) is 3.27. The number of methoxy groups -OCH3 is 2. The van der Waals surface area contributed by atoms with Crippen LogP contribution in [0, 0.1) is 5.92 Å². The van der Waals surface area contributed by atoms with E-state index in [1.54, 1.807) is 25.1 Å². The van der Waals surface area contributed by atoms with Gasteiger partial charge < -0.3 is 9.47 Å². The third-order valence-corrected chi connectivity index (χ3v) is 3.27. The number of hydrogen-bond donors (Lipinski definition) is 0. The number of rotatable bonds is 6. The first-order valence-corrected chi connectivity index (χ1v) is 6.28. The van der Waals surface area contributed by atoms with E-state index >= 15 is 0 Å². The van der Waals surface area contributed by atoms with E-state index in [1.165, 1.54) is 0 Å². The van der Waals surface area contributed by atoms with E-state index in [4.69, 9.17) is 9.47 Å². The molecule has 1 aliphatic rings. The molecule has 0 radical (unpaired) electrons. The lowest BCUT2D eigenvalue weighted by Crippen LogP contribution is -2.28. The Kier molecular flexibility index (Phi) is 3.71. The van der Waals surface area contributed by atoms with Crippen molar-refractivity contribution in [3.63, 3.8) is 0 Å². The van der Waals surface area contributed by atoms with Crippen LogP contribution in [0.15, 0.2) is 6.20 Å².